The molecule has 0 fully saturated rings. The molecule has 0 saturated carbocycles. The van der Waals surface area contributed by atoms with Gasteiger partial charge in [-0.15, -0.1) is 0 Å². The molecule has 0 atom stereocenters. The van der Waals surface area contributed by atoms with Crippen molar-refractivity contribution in [2.45, 2.75) is 20.1 Å². The van der Waals surface area contributed by atoms with E-state index in [0.717, 1.165) is 0 Å². The fraction of sp³-hybridized carbons (Fsp3) is 0.0517. The minimum absolute atomic E-state index is 0.244. The first-order valence-corrected chi connectivity index (χ1v) is 21.1. The van der Waals surface area contributed by atoms with Crippen molar-refractivity contribution in [3.05, 3.63) is 236 Å². The summed E-state index contributed by atoms with van der Waals surface area (Å²) in [5, 5.41) is 0. The Kier molecular flexibility index (Phi) is 9.01. The zero-order chi connectivity index (χ0) is 40.9. The second-order valence-corrected chi connectivity index (χ2v) is 16.0. The van der Waals surface area contributed by atoms with E-state index in [9.17, 15) is 0 Å². The third kappa shape index (κ3) is 6.17. The third-order valence-corrected chi connectivity index (χ3v) is 12.4. The van der Waals surface area contributed by atoms with E-state index in [0.29, 0.717) is 0 Å². The van der Waals surface area contributed by atoms with Crippen LogP contribution in [0.1, 0.15) is 31.5 Å². The molecule has 288 valence electrons. The predicted octanol–water partition coefficient (Wildman–Crippen LogP) is 13.8. The Morgan fingerprint density at radius 1 is 0.279 bits per heavy atom. The molecule has 0 amide bonds. The van der Waals surface area contributed by atoms with Crippen molar-refractivity contribution in [2.75, 3.05) is 0 Å². The van der Waals surface area contributed by atoms with Crippen molar-refractivity contribution in [1.82, 2.24) is 0 Å². The number of aromatic nitrogens is 1. The molecule has 2 aliphatic heterocycles. The highest BCUT2D eigenvalue weighted by Gasteiger charge is 2.62. The van der Waals surface area contributed by atoms with E-state index in [1.165, 1.54) is 101 Å². The van der Waals surface area contributed by atoms with Crippen LogP contribution in [0.2, 0.25) is 0 Å². The molecule has 9 aromatic rings. The molecule has 0 unspecified atom stereocenters. The number of nitrogens with zero attached hydrogens (tertiary/aromatic N) is 3. The lowest BCUT2D eigenvalue weighted by Gasteiger charge is -2.18. The molecule has 0 radical (unpaired) electrons. The summed E-state index contributed by atoms with van der Waals surface area (Å²) < 4.78 is 7.82. The summed E-state index contributed by atoms with van der Waals surface area (Å²) in [5.41, 5.74) is 21.4. The number of rotatable bonds is 8. The van der Waals surface area contributed by atoms with E-state index in [2.05, 4.69) is 252 Å². The lowest BCUT2D eigenvalue weighted by atomic mass is 9.90. The van der Waals surface area contributed by atoms with Gasteiger partial charge >= 0.3 is 6.29 Å². The van der Waals surface area contributed by atoms with Gasteiger partial charge in [0.05, 0.1) is 22.3 Å². The molecule has 0 aliphatic carbocycles. The summed E-state index contributed by atoms with van der Waals surface area (Å²) in [6.07, 6.45) is -0.244. The van der Waals surface area contributed by atoms with Crippen molar-refractivity contribution in [3.8, 4) is 66.8 Å². The molecule has 3 heterocycles. The summed E-state index contributed by atoms with van der Waals surface area (Å²) in [4.78, 5) is 0. The normalized spacial score (nSPS) is 13.2. The first-order chi connectivity index (χ1) is 30.1. The standard InChI is InChI=1S/C58H44N3/c1-40-54-34-21-35-55-41(2)60(57-52(46-30-17-7-18-31-46)38-49(43-24-11-4-12-25-43)39-53(57)47-32-19-8-20-33-47)58(61(54)55)59(40)56-50(44-26-13-5-14-27-44)36-48(42-22-9-3-10-23-42)37-51(56)45-28-15-6-16-29-45/h3-39,58H,1-2H3/q+3. The van der Waals surface area contributed by atoms with Crippen LogP contribution < -0.4 is 4.57 Å². The van der Waals surface area contributed by atoms with Crippen molar-refractivity contribution < 1.29 is 13.7 Å². The molecule has 8 aromatic carbocycles. The summed E-state index contributed by atoms with van der Waals surface area (Å²) in [7, 11) is 0. The average molecular weight is 783 g/mol. The monoisotopic (exact) mass is 782 g/mol. The van der Waals surface area contributed by atoms with Crippen molar-refractivity contribution in [3.63, 3.8) is 0 Å². The molecular formula is C58H44N3+3. The topological polar surface area (TPSA) is 9.90 Å². The predicted molar refractivity (Wildman–Crippen MR) is 251 cm³/mol. The maximum atomic E-state index is 2.63. The minimum Gasteiger partial charge on any atom is -0.0642 e. The van der Waals surface area contributed by atoms with Crippen LogP contribution in [0, 0.1) is 0 Å². The highest BCUT2D eigenvalue weighted by Crippen LogP contribution is 2.50. The van der Waals surface area contributed by atoms with Gasteiger partial charge in [0.2, 0.25) is 11.4 Å². The van der Waals surface area contributed by atoms with Crippen LogP contribution in [0.15, 0.2) is 224 Å². The Hall–Kier alpha value is -7.75. The maximum absolute atomic E-state index is 2.63. The highest BCUT2D eigenvalue weighted by atomic mass is 15.5. The zero-order valence-electron chi connectivity index (χ0n) is 34.3. The van der Waals surface area contributed by atoms with Gasteiger partial charge in [0.15, 0.2) is 0 Å². The molecule has 0 saturated heterocycles. The molecule has 11 rings (SSSR count). The molecule has 3 heteroatoms. The molecule has 1 aromatic heterocycles. The van der Waals surface area contributed by atoms with Crippen LogP contribution in [-0.2, 0) is 0 Å². The Balaban J connectivity index is 1.25. The van der Waals surface area contributed by atoms with E-state index < -0.39 is 0 Å². The van der Waals surface area contributed by atoms with Crippen LogP contribution in [0.5, 0.6) is 0 Å². The fourth-order valence-electron chi connectivity index (χ4n) is 9.60. The van der Waals surface area contributed by atoms with E-state index >= 15 is 0 Å². The van der Waals surface area contributed by atoms with Crippen molar-refractivity contribution in [1.29, 1.82) is 0 Å². The number of benzene rings is 8. The lowest BCUT2D eigenvalue weighted by Crippen LogP contribution is -2.45. The Morgan fingerprint density at radius 3 is 0.820 bits per heavy atom. The zero-order valence-corrected chi connectivity index (χ0v) is 34.3. The third-order valence-electron chi connectivity index (χ3n) is 12.4. The van der Waals surface area contributed by atoms with E-state index in [1.54, 1.807) is 0 Å². The first-order valence-electron chi connectivity index (χ1n) is 21.1. The Labute approximate surface area is 357 Å². The van der Waals surface area contributed by atoms with E-state index in [4.69, 9.17) is 0 Å². The van der Waals surface area contributed by atoms with Crippen molar-refractivity contribution in [2.24, 2.45) is 0 Å². The van der Waals surface area contributed by atoms with Gasteiger partial charge in [-0.1, -0.05) is 196 Å². The maximum Gasteiger partial charge on any atom is 0.555 e. The number of pyridine rings is 1. The van der Waals surface area contributed by atoms with Gasteiger partial charge in [-0.2, -0.15) is 0 Å². The molecule has 0 N–H and O–H groups in total. The van der Waals surface area contributed by atoms with E-state index in [1.807, 2.05) is 0 Å². The van der Waals surface area contributed by atoms with Crippen LogP contribution >= 0.6 is 0 Å². The SMILES string of the molecule is CC1=[N+](c2c(-c3ccccc3)cc(-c3ccccc3)cc2-c2ccccc2)C2[N+](c3c(-c4ccccc4)cc(-c4ccccc4)cc3-c3ccccc3)=C(C)c3cccc1[n+]32. The molecule has 3 nitrogen and oxygen atoms in total. The number of hydrogen-bond acceptors (Lipinski definition) is 0. The molecule has 61 heavy (non-hydrogen) atoms. The van der Waals surface area contributed by atoms with Gasteiger partial charge in [-0.05, 0) is 74.8 Å². The smallest absolute Gasteiger partial charge is 0.0642 e. The molecular weight excluding hydrogens is 739 g/mol. The number of hydrogen-bond donors (Lipinski definition) is 0. The molecule has 0 spiro atoms. The summed E-state index contributed by atoms with van der Waals surface area (Å²) in [6.45, 7) is 4.61. The molecule has 2 aliphatic rings. The Bertz CT molecular complexity index is 2820. The lowest BCUT2D eigenvalue weighted by molar-refractivity contribution is -0.967. The van der Waals surface area contributed by atoms with Gasteiger partial charge in [0.1, 0.15) is 0 Å². The summed E-state index contributed by atoms with van der Waals surface area (Å²) >= 11 is 0. The fourth-order valence-corrected chi connectivity index (χ4v) is 9.60. The minimum atomic E-state index is -0.244. The van der Waals surface area contributed by atoms with Gasteiger partial charge in [0, 0.05) is 26.0 Å². The van der Waals surface area contributed by atoms with Gasteiger partial charge < -0.3 is 0 Å². The average Bonchev–Trinajstić information content (AvgIpc) is 3.80. The highest BCUT2D eigenvalue weighted by molar-refractivity contribution is 6.00. The molecule has 0 bridgehead atoms. The van der Waals surface area contributed by atoms with E-state index in [-0.39, 0.29) is 6.29 Å². The summed E-state index contributed by atoms with van der Waals surface area (Å²) in [6, 6.07) is 81.8. The quantitative estimate of drug-likeness (QED) is 0.136. The summed E-state index contributed by atoms with van der Waals surface area (Å²) in [5.74, 6) is 0. The van der Waals surface area contributed by atoms with Crippen LogP contribution in [-0.4, -0.2) is 20.6 Å². The van der Waals surface area contributed by atoms with Gasteiger partial charge in [0.25, 0.3) is 22.8 Å². The van der Waals surface area contributed by atoms with Crippen LogP contribution in [0.3, 0.4) is 0 Å². The van der Waals surface area contributed by atoms with Gasteiger partial charge in [-0.3, -0.25) is 0 Å². The first kappa shape index (κ1) is 36.3. The van der Waals surface area contributed by atoms with Crippen LogP contribution in [0.25, 0.3) is 66.8 Å². The Morgan fingerprint density at radius 2 is 0.541 bits per heavy atom. The second kappa shape index (κ2) is 15.1. The second-order valence-electron chi connectivity index (χ2n) is 16.0. The largest absolute Gasteiger partial charge is 0.555 e. The van der Waals surface area contributed by atoms with Crippen LogP contribution in [0.4, 0.5) is 11.4 Å². The van der Waals surface area contributed by atoms with Gasteiger partial charge in [-0.25, -0.2) is 0 Å². The van der Waals surface area contributed by atoms with Crippen molar-refractivity contribution >= 4 is 22.8 Å².